The van der Waals surface area contributed by atoms with Gasteiger partial charge in [-0.1, -0.05) is 17.3 Å². The van der Waals surface area contributed by atoms with Crippen molar-refractivity contribution in [2.45, 2.75) is 0 Å². The molecule has 1 heterocycles. The summed E-state index contributed by atoms with van der Waals surface area (Å²) in [7, 11) is 0. The highest BCUT2D eigenvalue weighted by atomic mass is 16.5. The molecule has 0 saturated heterocycles. The minimum Gasteiger partial charge on any atom is -0.478 e. The molecule has 6 N–H and O–H groups in total. The van der Waals surface area contributed by atoms with Crippen LogP contribution in [0.25, 0.3) is 22.8 Å². The van der Waals surface area contributed by atoms with Crippen LogP contribution in [-0.2, 0) is 0 Å². The van der Waals surface area contributed by atoms with Gasteiger partial charge in [-0.2, -0.15) is 16.4 Å². The second-order valence-electron chi connectivity index (χ2n) is 4.70. The fraction of sp³-hybridized carbons (Fsp3) is 0. The predicted molar refractivity (Wildman–Crippen MR) is 81.9 cm³/mol. The monoisotopic (exact) mass is 312 g/mol. The number of rotatable bonds is 5. The van der Waals surface area contributed by atoms with Crippen LogP contribution in [0.5, 0.6) is 0 Å². The van der Waals surface area contributed by atoms with Crippen molar-refractivity contribution in [2.75, 3.05) is 5.43 Å². The fourth-order valence-electron chi connectivity index (χ4n) is 2.05. The lowest BCUT2D eigenvalue weighted by Gasteiger charge is -2.00. The molecule has 1 aromatic heterocycles. The average Bonchev–Trinajstić information content (AvgIpc) is 3.06. The van der Waals surface area contributed by atoms with Gasteiger partial charge in [0.15, 0.2) is 0 Å². The van der Waals surface area contributed by atoms with Crippen LogP contribution in [0.15, 0.2) is 53.1 Å². The van der Waals surface area contributed by atoms with Crippen LogP contribution in [0.4, 0.5) is 5.69 Å². The van der Waals surface area contributed by atoms with E-state index in [0.717, 1.165) is 11.3 Å². The van der Waals surface area contributed by atoms with Gasteiger partial charge in [-0.3, -0.25) is 0 Å². The number of aromatic nitrogens is 2. The van der Waals surface area contributed by atoms with Crippen molar-refractivity contribution in [2.24, 2.45) is 5.84 Å². The molecule has 0 aliphatic heterocycles. The largest absolute Gasteiger partial charge is 0.478 e. The molecule has 3 rings (SSSR count). The van der Waals surface area contributed by atoms with Gasteiger partial charge in [0.2, 0.25) is 5.82 Å². The molecule has 8 heteroatoms. The number of nitrogens with zero attached hydrogens (tertiary/aromatic N) is 2. The van der Waals surface area contributed by atoms with Crippen molar-refractivity contribution >= 4 is 11.7 Å². The molecule has 0 saturated carbocycles. The molecular formula is C15H14N5O3+. The first-order chi connectivity index (χ1) is 11.2. The number of hydrogen-bond acceptors (Lipinski definition) is 6. The Morgan fingerprint density at radius 1 is 1.17 bits per heavy atom. The van der Waals surface area contributed by atoms with Crippen LogP contribution in [0.2, 0.25) is 0 Å². The Morgan fingerprint density at radius 3 is 2.65 bits per heavy atom. The Bertz CT molecular complexity index is 829. The summed E-state index contributed by atoms with van der Waals surface area (Å²) in [5.41, 5.74) is 6.54. The zero-order chi connectivity index (χ0) is 16.2. The lowest BCUT2D eigenvalue weighted by Crippen LogP contribution is -2.95. The number of benzene rings is 2. The number of carboxylic acids is 1. The van der Waals surface area contributed by atoms with E-state index in [1.165, 1.54) is 17.7 Å². The van der Waals surface area contributed by atoms with Crippen molar-refractivity contribution < 1.29 is 20.0 Å². The topological polar surface area (TPSA) is 131 Å². The second kappa shape index (κ2) is 6.26. The Hall–Kier alpha value is -3.23. The highest BCUT2D eigenvalue weighted by molar-refractivity contribution is 5.89. The minimum absolute atomic E-state index is 0.169. The summed E-state index contributed by atoms with van der Waals surface area (Å²) in [6.07, 6.45) is 0. The van der Waals surface area contributed by atoms with Crippen molar-refractivity contribution in [1.29, 1.82) is 0 Å². The molecule has 0 aliphatic rings. The molecule has 0 bridgehead atoms. The van der Waals surface area contributed by atoms with Crippen LogP contribution >= 0.6 is 0 Å². The molecule has 8 nitrogen and oxygen atoms in total. The van der Waals surface area contributed by atoms with E-state index < -0.39 is 5.97 Å². The fourth-order valence-corrected chi connectivity index (χ4v) is 2.05. The summed E-state index contributed by atoms with van der Waals surface area (Å²) in [6, 6.07) is 13.7. The summed E-state index contributed by atoms with van der Waals surface area (Å²) < 4.78 is 5.24. The van der Waals surface area contributed by atoms with E-state index in [0.29, 0.717) is 17.3 Å². The molecule has 3 aromatic rings. The number of hydrogen-bond donors (Lipinski definition) is 4. The number of nitrogens with two attached hydrogens (primary N) is 2. The van der Waals surface area contributed by atoms with Gasteiger partial charge >= 0.3 is 5.97 Å². The number of nitrogen functional groups attached to an aromatic ring is 1. The molecule has 116 valence electrons. The van der Waals surface area contributed by atoms with E-state index in [1.54, 1.807) is 12.1 Å². The van der Waals surface area contributed by atoms with Crippen LogP contribution in [-0.4, -0.2) is 21.2 Å². The van der Waals surface area contributed by atoms with Gasteiger partial charge in [-0.15, -0.1) is 0 Å². The lowest BCUT2D eigenvalue weighted by molar-refractivity contribution is -0.638. The number of anilines is 1. The molecular weight excluding hydrogens is 298 g/mol. The third-order valence-corrected chi connectivity index (χ3v) is 3.18. The first kappa shape index (κ1) is 14.7. The van der Waals surface area contributed by atoms with Gasteiger partial charge in [0.1, 0.15) is 0 Å². The number of carbonyl (C=O) groups is 1. The van der Waals surface area contributed by atoms with E-state index in [-0.39, 0.29) is 5.56 Å². The molecule has 23 heavy (non-hydrogen) atoms. The van der Waals surface area contributed by atoms with Crippen LogP contribution < -0.4 is 16.8 Å². The first-order valence-electron chi connectivity index (χ1n) is 6.75. The summed E-state index contributed by atoms with van der Waals surface area (Å²) in [5, 5.41) is 12.9. The van der Waals surface area contributed by atoms with Crippen molar-refractivity contribution in [1.82, 2.24) is 10.1 Å². The third kappa shape index (κ3) is 3.18. The van der Waals surface area contributed by atoms with Crippen LogP contribution in [0, 0.1) is 0 Å². The Labute approximate surface area is 130 Å². The molecule has 0 radical (unpaired) electrons. The Kier molecular flexibility index (Phi) is 4.00. The van der Waals surface area contributed by atoms with Crippen LogP contribution in [0.1, 0.15) is 10.4 Å². The average molecular weight is 312 g/mol. The Balaban J connectivity index is 1.88. The van der Waals surface area contributed by atoms with E-state index in [4.69, 9.17) is 15.5 Å². The van der Waals surface area contributed by atoms with Gasteiger partial charge in [0.05, 0.1) is 11.3 Å². The van der Waals surface area contributed by atoms with E-state index in [9.17, 15) is 4.79 Å². The summed E-state index contributed by atoms with van der Waals surface area (Å²) in [6.45, 7) is 0. The Morgan fingerprint density at radius 2 is 1.96 bits per heavy atom. The second-order valence-corrected chi connectivity index (χ2v) is 4.70. The molecule has 0 atom stereocenters. The van der Waals surface area contributed by atoms with Crippen LogP contribution in [0.3, 0.4) is 0 Å². The molecule has 2 aromatic carbocycles. The first-order valence-corrected chi connectivity index (χ1v) is 6.75. The standard InChI is InChI=1S/C15H13N5O3/c16-20-18-12-6-4-9(5-7-12)14-17-13(19-23-14)10-2-1-3-11(8-10)15(21)22/h1-8,18,20H,16H2,(H,21,22)/p+1. The van der Waals surface area contributed by atoms with Gasteiger partial charge in [-0.05, 0) is 36.4 Å². The zero-order valence-corrected chi connectivity index (χ0v) is 11.9. The van der Waals surface area contributed by atoms with Crippen molar-refractivity contribution in [3.63, 3.8) is 0 Å². The normalized spacial score (nSPS) is 10.5. The van der Waals surface area contributed by atoms with Crippen molar-refractivity contribution in [3.8, 4) is 22.8 Å². The van der Waals surface area contributed by atoms with Gasteiger partial charge < -0.3 is 9.63 Å². The van der Waals surface area contributed by atoms with Gasteiger partial charge in [0, 0.05) is 11.1 Å². The number of carboxylic acid groups (broad SMARTS) is 1. The zero-order valence-electron chi connectivity index (χ0n) is 11.9. The quantitative estimate of drug-likeness (QED) is 0.406. The number of nitrogens with one attached hydrogen (secondary N) is 1. The van der Waals surface area contributed by atoms with E-state index in [1.807, 2.05) is 24.3 Å². The maximum Gasteiger partial charge on any atom is 0.335 e. The highest BCUT2D eigenvalue weighted by Crippen LogP contribution is 2.23. The smallest absolute Gasteiger partial charge is 0.335 e. The van der Waals surface area contributed by atoms with Gasteiger partial charge in [0.25, 0.3) is 5.89 Å². The molecule has 0 fully saturated rings. The van der Waals surface area contributed by atoms with Crippen molar-refractivity contribution in [3.05, 3.63) is 54.1 Å². The summed E-state index contributed by atoms with van der Waals surface area (Å²) >= 11 is 0. The molecule has 0 unspecified atom stereocenters. The van der Waals surface area contributed by atoms with E-state index >= 15 is 0 Å². The predicted octanol–water partition coefficient (Wildman–Crippen LogP) is 0.866. The molecule has 0 aliphatic carbocycles. The molecule has 0 spiro atoms. The minimum atomic E-state index is -1.00. The third-order valence-electron chi connectivity index (χ3n) is 3.18. The highest BCUT2D eigenvalue weighted by Gasteiger charge is 2.12. The maximum atomic E-state index is 11.0. The summed E-state index contributed by atoms with van der Waals surface area (Å²) in [5.74, 6) is 4.97. The SMILES string of the molecule is N[NH2+]Nc1ccc(-c2nc(-c3cccc(C(=O)O)c3)no2)cc1. The summed E-state index contributed by atoms with van der Waals surface area (Å²) in [4.78, 5) is 15.3. The van der Waals surface area contributed by atoms with E-state index in [2.05, 4.69) is 15.6 Å². The number of quaternary nitrogens is 1. The number of aromatic carboxylic acids is 1. The maximum absolute atomic E-state index is 11.0. The molecule has 0 amide bonds. The lowest BCUT2D eigenvalue weighted by atomic mass is 10.1. The van der Waals surface area contributed by atoms with Gasteiger partial charge in [-0.25, -0.2) is 10.2 Å².